The second kappa shape index (κ2) is 6.76. The van der Waals surface area contributed by atoms with E-state index in [9.17, 15) is 4.39 Å². The molecule has 4 heterocycles. The molecule has 0 unspecified atom stereocenters. The molecule has 3 aromatic heterocycles. The third-order valence-electron chi connectivity index (χ3n) is 4.62. The van der Waals surface area contributed by atoms with Crippen molar-refractivity contribution in [1.82, 2.24) is 25.3 Å². The normalized spacial score (nSPS) is 17.8. The molecular weight excluding hydrogens is 319 g/mol. The Bertz CT molecular complexity index is 884. The van der Waals surface area contributed by atoms with Gasteiger partial charge in [-0.2, -0.15) is 0 Å². The fourth-order valence-corrected chi connectivity index (χ4v) is 3.25. The van der Waals surface area contributed by atoms with Gasteiger partial charge in [-0.3, -0.25) is 0 Å². The maximum atomic E-state index is 13.6. The Morgan fingerprint density at radius 3 is 3.04 bits per heavy atom. The van der Waals surface area contributed by atoms with Gasteiger partial charge in [0.1, 0.15) is 17.3 Å². The molecule has 0 radical (unpaired) electrons. The fourth-order valence-electron chi connectivity index (χ4n) is 3.25. The van der Waals surface area contributed by atoms with E-state index < -0.39 is 0 Å². The molecule has 0 aliphatic carbocycles. The summed E-state index contributed by atoms with van der Waals surface area (Å²) in [6.07, 6.45) is 7.97. The molecule has 0 bridgehead atoms. The highest BCUT2D eigenvalue weighted by Gasteiger charge is 2.17. The number of nitrogens with zero attached hydrogens (tertiary/aromatic N) is 3. The summed E-state index contributed by atoms with van der Waals surface area (Å²) in [4.78, 5) is 16.4. The van der Waals surface area contributed by atoms with Crippen molar-refractivity contribution in [2.45, 2.75) is 32.2 Å². The first-order valence-corrected chi connectivity index (χ1v) is 8.70. The number of fused-ring (bicyclic) bond motifs is 1. The second-order valence-corrected chi connectivity index (χ2v) is 6.36. The zero-order valence-corrected chi connectivity index (χ0v) is 14.1. The first-order valence-electron chi connectivity index (χ1n) is 8.70. The molecule has 0 spiro atoms. The molecule has 130 valence electrons. The van der Waals surface area contributed by atoms with Gasteiger partial charge in [-0.1, -0.05) is 6.92 Å². The Morgan fingerprint density at radius 2 is 2.24 bits per heavy atom. The number of hydrogen-bond donors (Lipinski definition) is 3. The molecule has 3 N–H and O–H groups in total. The Morgan fingerprint density at radius 1 is 1.32 bits per heavy atom. The number of halogens is 1. The summed E-state index contributed by atoms with van der Waals surface area (Å²) in [5.74, 6) is 1.06. The molecule has 1 saturated heterocycles. The minimum atomic E-state index is -0.370. The van der Waals surface area contributed by atoms with E-state index in [4.69, 9.17) is 4.98 Å². The smallest absolute Gasteiger partial charge is 0.163 e. The van der Waals surface area contributed by atoms with E-state index in [0.717, 1.165) is 49.3 Å². The largest absolute Gasteiger partial charge is 0.366 e. The van der Waals surface area contributed by atoms with Crippen molar-refractivity contribution in [3.8, 4) is 11.4 Å². The lowest BCUT2D eigenvalue weighted by atomic mass is 10.1. The molecular formula is C18H21FN6. The number of nitrogens with one attached hydrogen (secondary N) is 3. The minimum absolute atomic E-state index is 0.365. The quantitative estimate of drug-likeness (QED) is 0.681. The van der Waals surface area contributed by atoms with Crippen LogP contribution in [0.1, 0.15) is 25.3 Å². The van der Waals surface area contributed by atoms with Crippen LogP contribution in [0.25, 0.3) is 22.4 Å². The molecule has 3 aromatic rings. The van der Waals surface area contributed by atoms with Crippen molar-refractivity contribution >= 4 is 16.9 Å². The molecule has 1 aliphatic heterocycles. The molecule has 0 aromatic carbocycles. The molecule has 1 aliphatic rings. The number of pyridine rings is 1. The van der Waals surface area contributed by atoms with Crippen molar-refractivity contribution in [3.63, 3.8) is 0 Å². The van der Waals surface area contributed by atoms with Gasteiger partial charge in [-0.25, -0.2) is 19.3 Å². The summed E-state index contributed by atoms with van der Waals surface area (Å²) < 4.78 is 13.6. The zero-order valence-electron chi connectivity index (χ0n) is 14.1. The highest BCUT2D eigenvalue weighted by atomic mass is 19.1. The molecule has 25 heavy (non-hydrogen) atoms. The number of rotatable bonds is 4. The Labute approximate surface area is 145 Å². The summed E-state index contributed by atoms with van der Waals surface area (Å²) in [5, 5.41) is 7.64. The van der Waals surface area contributed by atoms with Crippen LogP contribution in [0.4, 0.5) is 10.2 Å². The number of hydrogen-bond acceptors (Lipinski definition) is 5. The SMILES string of the molecule is CCc1cnc(-c2c[nH]c3ncc(F)cc23)nc1N[C@H]1CCCNC1. The molecule has 0 amide bonds. The molecule has 7 heteroatoms. The van der Waals surface area contributed by atoms with E-state index in [0.29, 0.717) is 22.9 Å². The Kier molecular flexibility index (Phi) is 4.31. The van der Waals surface area contributed by atoms with Crippen LogP contribution >= 0.6 is 0 Å². The molecule has 6 nitrogen and oxygen atoms in total. The number of anilines is 1. The highest BCUT2D eigenvalue weighted by molar-refractivity contribution is 5.91. The van der Waals surface area contributed by atoms with Crippen molar-refractivity contribution < 1.29 is 4.39 Å². The molecule has 0 saturated carbocycles. The fraction of sp³-hybridized carbons (Fsp3) is 0.389. The summed E-state index contributed by atoms with van der Waals surface area (Å²) in [6.45, 7) is 4.10. The predicted octanol–water partition coefficient (Wildman–Crippen LogP) is 2.89. The van der Waals surface area contributed by atoms with Crippen LogP contribution in [-0.4, -0.2) is 39.1 Å². The first kappa shape index (κ1) is 16.0. The van der Waals surface area contributed by atoms with Gasteiger partial charge in [0.05, 0.1) is 6.20 Å². The lowest BCUT2D eigenvalue weighted by Gasteiger charge is -2.25. The van der Waals surface area contributed by atoms with Crippen LogP contribution in [0, 0.1) is 5.82 Å². The number of aryl methyl sites for hydroxylation is 1. The van der Waals surface area contributed by atoms with Gasteiger partial charge in [0.25, 0.3) is 0 Å². The van der Waals surface area contributed by atoms with Crippen LogP contribution in [0.15, 0.2) is 24.7 Å². The Hall–Kier alpha value is -2.54. The first-order chi connectivity index (χ1) is 12.2. The average Bonchev–Trinajstić information content (AvgIpc) is 3.05. The maximum Gasteiger partial charge on any atom is 0.163 e. The zero-order chi connectivity index (χ0) is 17.2. The van der Waals surface area contributed by atoms with Crippen LogP contribution in [0.3, 0.4) is 0 Å². The topological polar surface area (TPSA) is 78.5 Å². The summed E-state index contributed by atoms with van der Waals surface area (Å²) in [6, 6.07) is 1.83. The third-order valence-corrected chi connectivity index (χ3v) is 4.62. The van der Waals surface area contributed by atoms with Gasteiger partial charge in [0.15, 0.2) is 5.82 Å². The molecule has 4 rings (SSSR count). The summed E-state index contributed by atoms with van der Waals surface area (Å²) >= 11 is 0. The van der Waals surface area contributed by atoms with Gasteiger partial charge in [0.2, 0.25) is 0 Å². The number of aromatic amines is 1. The van der Waals surface area contributed by atoms with Crippen molar-refractivity contribution in [2.24, 2.45) is 0 Å². The van der Waals surface area contributed by atoms with Crippen LogP contribution in [-0.2, 0) is 6.42 Å². The van der Waals surface area contributed by atoms with E-state index in [1.54, 1.807) is 6.20 Å². The minimum Gasteiger partial charge on any atom is -0.366 e. The van der Waals surface area contributed by atoms with Crippen LogP contribution in [0.2, 0.25) is 0 Å². The summed E-state index contributed by atoms with van der Waals surface area (Å²) in [7, 11) is 0. The van der Waals surface area contributed by atoms with Crippen LogP contribution < -0.4 is 10.6 Å². The van der Waals surface area contributed by atoms with E-state index in [2.05, 4.69) is 32.5 Å². The monoisotopic (exact) mass is 340 g/mol. The predicted molar refractivity (Wildman–Crippen MR) is 96.0 cm³/mol. The van der Waals surface area contributed by atoms with Crippen molar-refractivity contribution in [3.05, 3.63) is 36.0 Å². The number of piperidine rings is 1. The molecule has 1 fully saturated rings. The third kappa shape index (κ3) is 3.19. The van der Waals surface area contributed by atoms with E-state index in [1.807, 2.05) is 6.20 Å². The van der Waals surface area contributed by atoms with Crippen molar-refractivity contribution in [1.29, 1.82) is 0 Å². The van der Waals surface area contributed by atoms with E-state index in [1.165, 1.54) is 12.3 Å². The lowest BCUT2D eigenvalue weighted by molar-refractivity contribution is 0.478. The van der Waals surface area contributed by atoms with Crippen LogP contribution in [0.5, 0.6) is 0 Å². The Balaban J connectivity index is 1.72. The van der Waals surface area contributed by atoms with Gasteiger partial charge in [-0.05, 0) is 31.9 Å². The van der Waals surface area contributed by atoms with Gasteiger partial charge in [0, 0.05) is 41.5 Å². The number of H-pyrrole nitrogens is 1. The second-order valence-electron chi connectivity index (χ2n) is 6.36. The summed E-state index contributed by atoms with van der Waals surface area (Å²) in [5.41, 5.74) is 2.47. The standard InChI is InChI=1S/C18H21FN6/c1-2-11-7-21-18(25-16(11)24-13-4-3-5-20-9-13)15-10-23-17-14(15)6-12(19)8-22-17/h6-8,10,13,20H,2-5,9H2,1H3,(H,22,23)(H,21,24,25)/t13-/m0/s1. The van der Waals surface area contributed by atoms with Gasteiger partial charge >= 0.3 is 0 Å². The maximum absolute atomic E-state index is 13.6. The van der Waals surface area contributed by atoms with Gasteiger partial charge < -0.3 is 15.6 Å². The average molecular weight is 340 g/mol. The van der Waals surface area contributed by atoms with Crippen molar-refractivity contribution in [2.75, 3.05) is 18.4 Å². The van der Waals surface area contributed by atoms with E-state index >= 15 is 0 Å². The lowest BCUT2D eigenvalue weighted by Crippen LogP contribution is -2.38. The molecule has 1 atom stereocenters. The highest BCUT2D eigenvalue weighted by Crippen LogP contribution is 2.27. The van der Waals surface area contributed by atoms with Gasteiger partial charge in [-0.15, -0.1) is 0 Å². The number of aromatic nitrogens is 4. The van der Waals surface area contributed by atoms with E-state index in [-0.39, 0.29) is 5.82 Å².